The molecule has 0 unspecified atom stereocenters. The molecular weight excluding hydrogens is 294 g/mol. The van der Waals surface area contributed by atoms with Crippen LogP contribution >= 0.6 is 0 Å². The summed E-state index contributed by atoms with van der Waals surface area (Å²) in [6.07, 6.45) is 1.51. The van der Waals surface area contributed by atoms with Crippen LogP contribution in [0, 0.1) is 13.8 Å². The van der Waals surface area contributed by atoms with Gasteiger partial charge in [0.05, 0.1) is 0 Å². The van der Waals surface area contributed by atoms with Crippen molar-refractivity contribution in [3.63, 3.8) is 0 Å². The lowest BCUT2D eigenvalue weighted by molar-refractivity contribution is 0.102. The third kappa shape index (κ3) is 3.70. The minimum Gasteiger partial charge on any atom is -0.360 e. The van der Waals surface area contributed by atoms with Crippen molar-refractivity contribution in [2.45, 2.75) is 13.8 Å². The van der Waals surface area contributed by atoms with Crippen LogP contribution in [0.3, 0.4) is 0 Å². The predicted molar refractivity (Wildman–Crippen MR) is 85.7 cm³/mol. The molecule has 0 saturated heterocycles. The molecule has 3 aromatic rings. The lowest BCUT2D eigenvalue weighted by Crippen LogP contribution is -2.14. The number of benzene rings is 1. The van der Waals surface area contributed by atoms with Gasteiger partial charge in [0.1, 0.15) is 11.5 Å². The van der Waals surface area contributed by atoms with E-state index in [9.17, 15) is 4.79 Å². The summed E-state index contributed by atoms with van der Waals surface area (Å²) in [5, 5.41) is 9.47. The van der Waals surface area contributed by atoms with Crippen molar-refractivity contribution in [3.05, 3.63) is 59.6 Å². The van der Waals surface area contributed by atoms with Crippen LogP contribution in [0.2, 0.25) is 0 Å². The van der Waals surface area contributed by atoms with Gasteiger partial charge in [-0.15, -0.1) is 0 Å². The lowest BCUT2D eigenvalue weighted by Gasteiger charge is -2.06. The molecule has 1 aromatic carbocycles. The standard InChI is InChI=1S/C16H15N5O2/c1-10-3-5-12(6-4-10)18-15(22)13-7-8-17-16(19-13)20-14-9-11(2)23-21-14/h3-9H,1-2H3,(H,18,22)(H,17,19,20,21). The van der Waals surface area contributed by atoms with Gasteiger partial charge in [-0.1, -0.05) is 22.9 Å². The van der Waals surface area contributed by atoms with Crippen molar-refractivity contribution in [1.29, 1.82) is 0 Å². The van der Waals surface area contributed by atoms with Crippen molar-refractivity contribution >= 4 is 23.4 Å². The molecule has 2 N–H and O–H groups in total. The van der Waals surface area contributed by atoms with Crippen LogP contribution in [0.15, 0.2) is 47.1 Å². The van der Waals surface area contributed by atoms with Gasteiger partial charge in [-0.3, -0.25) is 4.79 Å². The Morgan fingerprint density at radius 2 is 1.91 bits per heavy atom. The normalized spacial score (nSPS) is 10.3. The second kappa shape index (κ2) is 6.27. The molecule has 116 valence electrons. The zero-order valence-electron chi connectivity index (χ0n) is 12.7. The molecule has 0 radical (unpaired) electrons. The Morgan fingerprint density at radius 1 is 1.13 bits per heavy atom. The van der Waals surface area contributed by atoms with Crippen molar-refractivity contribution in [3.8, 4) is 0 Å². The Kier molecular flexibility index (Phi) is 4.01. The number of aryl methyl sites for hydroxylation is 2. The van der Waals surface area contributed by atoms with Crippen molar-refractivity contribution in [1.82, 2.24) is 15.1 Å². The molecule has 2 heterocycles. The Bertz CT molecular complexity index is 826. The van der Waals surface area contributed by atoms with Gasteiger partial charge in [0.25, 0.3) is 5.91 Å². The molecule has 0 saturated carbocycles. The molecule has 0 fully saturated rings. The summed E-state index contributed by atoms with van der Waals surface area (Å²) in [4.78, 5) is 20.5. The molecule has 2 aromatic heterocycles. The van der Waals surface area contributed by atoms with Crippen LogP contribution in [-0.4, -0.2) is 21.0 Å². The number of aromatic nitrogens is 3. The number of carbonyl (C=O) groups excluding carboxylic acids is 1. The van der Waals surface area contributed by atoms with Gasteiger partial charge in [0.15, 0.2) is 5.82 Å². The summed E-state index contributed by atoms with van der Waals surface area (Å²) in [5.74, 6) is 1.12. The summed E-state index contributed by atoms with van der Waals surface area (Å²) in [6.45, 7) is 3.77. The topological polar surface area (TPSA) is 92.9 Å². The molecule has 7 heteroatoms. The summed E-state index contributed by atoms with van der Waals surface area (Å²) in [5.41, 5.74) is 2.09. The average Bonchev–Trinajstić information content (AvgIpc) is 2.95. The maximum absolute atomic E-state index is 12.2. The van der Waals surface area contributed by atoms with E-state index in [2.05, 4.69) is 25.8 Å². The molecule has 0 aliphatic heterocycles. The highest BCUT2D eigenvalue weighted by molar-refractivity contribution is 6.02. The van der Waals surface area contributed by atoms with Crippen LogP contribution < -0.4 is 10.6 Å². The maximum Gasteiger partial charge on any atom is 0.274 e. The molecule has 0 bridgehead atoms. The van der Waals surface area contributed by atoms with Gasteiger partial charge in [0, 0.05) is 18.0 Å². The van der Waals surface area contributed by atoms with Crippen LogP contribution in [-0.2, 0) is 0 Å². The highest BCUT2D eigenvalue weighted by Crippen LogP contribution is 2.14. The van der Waals surface area contributed by atoms with E-state index in [4.69, 9.17) is 4.52 Å². The van der Waals surface area contributed by atoms with E-state index < -0.39 is 0 Å². The molecule has 1 amide bonds. The van der Waals surface area contributed by atoms with Crippen LogP contribution in [0.25, 0.3) is 0 Å². The number of hydrogen-bond donors (Lipinski definition) is 2. The predicted octanol–water partition coefficient (Wildman–Crippen LogP) is 3.08. The number of nitrogens with zero attached hydrogens (tertiary/aromatic N) is 3. The Hall–Kier alpha value is -3.22. The lowest BCUT2D eigenvalue weighted by atomic mass is 10.2. The molecule has 3 rings (SSSR count). The minimum absolute atomic E-state index is 0.253. The zero-order valence-corrected chi connectivity index (χ0v) is 12.7. The second-order valence-electron chi connectivity index (χ2n) is 5.03. The van der Waals surface area contributed by atoms with Gasteiger partial charge >= 0.3 is 0 Å². The summed E-state index contributed by atoms with van der Waals surface area (Å²) < 4.78 is 4.96. The van der Waals surface area contributed by atoms with Crippen LogP contribution in [0.4, 0.5) is 17.5 Å². The molecule has 0 aliphatic rings. The SMILES string of the molecule is Cc1ccc(NC(=O)c2ccnc(Nc3cc(C)on3)n2)cc1. The molecule has 23 heavy (non-hydrogen) atoms. The van der Waals surface area contributed by atoms with Crippen molar-refractivity contribution in [2.24, 2.45) is 0 Å². The van der Waals surface area contributed by atoms with Gasteiger partial charge in [-0.25, -0.2) is 9.97 Å². The van der Waals surface area contributed by atoms with E-state index in [0.29, 0.717) is 17.3 Å². The first kappa shape index (κ1) is 14.7. The van der Waals surface area contributed by atoms with Gasteiger partial charge < -0.3 is 15.2 Å². The van der Waals surface area contributed by atoms with E-state index in [0.717, 1.165) is 5.56 Å². The first-order chi connectivity index (χ1) is 11.1. The Labute approximate surface area is 132 Å². The second-order valence-corrected chi connectivity index (χ2v) is 5.03. The Balaban J connectivity index is 1.73. The quantitative estimate of drug-likeness (QED) is 0.769. The Morgan fingerprint density at radius 3 is 2.61 bits per heavy atom. The first-order valence-electron chi connectivity index (χ1n) is 7.01. The molecular formula is C16H15N5O2. The van der Waals surface area contributed by atoms with Gasteiger partial charge in [-0.05, 0) is 32.0 Å². The van der Waals surface area contributed by atoms with Crippen LogP contribution in [0.5, 0.6) is 0 Å². The van der Waals surface area contributed by atoms with Gasteiger partial charge in [0.2, 0.25) is 5.95 Å². The highest BCUT2D eigenvalue weighted by Gasteiger charge is 2.10. The van der Waals surface area contributed by atoms with Crippen LogP contribution in [0.1, 0.15) is 21.8 Å². The fourth-order valence-corrected chi connectivity index (χ4v) is 1.92. The van der Waals surface area contributed by atoms with Gasteiger partial charge in [-0.2, -0.15) is 0 Å². The summed E-state index contributed by atoms with van der Waals surface area (Å²) >= 11 is 0. The molecule has 7 nitrogen and oxygen atoms in total. The highest BCUT2D eigenvalue weighted by atomic mass is 16.5. The number of nitrogens with one attached hydrogen (secondary N) is 2. The van der Waals surface area contributed by atoms with E-state index in [1.807, 2.05) is 31.2 Å². The fourth-order valence-electron chi connectivity index (χ4n) is 1.92. The summed E-state index contributed by atoms with van der Waals surface area (Å²) in [7, 11) is 0. The van der Waals surface area contributed by atoms with E-state index in [1.165, 1.54) is 6.20 Å². The summed E-state index contributed by atoms with van der Waals surface area (Å²) in [6, 6.07) is 10.8. The third-order valence-electron chi connectivity index (χ3n) is 3.07. The number of carbonyl (C=O) groups is 1. The van der Waals surface area contributed by atoms with Crippen molar-refractivity contribution < 1.29 is 9.32 Å². The smallest absolute Gasteiger partial charge is 0.274 e. The zero-order chi connectivity index (χ0) is 16.2. The van der Waals surface area contributed by atoms with E-state index in [1.54, 1.807) is 19.1 Å². The minimum atomic E-state index is -0.310. The first-order valence-corrected chi connectivity index (χ1v) is 7.01. The van der Waals surface area contributed by atoms with Crippen molar-refractivity contribution in [2.75, 3.05) is 10.6 Å². The number of hydrogen-bond acceptors (Lipinski definition) is 6. The number of anilines is 3. The largest absolute Gasteiger partial charge is 0.360 e. The van der Waals surface area contributed by atoms with E-state index in [-0.39, 0.29) is 17.5 Å². The third-order valence-corrected chi connectivity index (χ3v) is 3.07. The fraction of sp³-hybridized carbons (Fsp3) is 0.125. The average molecular weight is 309 g/mol. The molecule has 0 atom stereocenters. The van der Waals surface area contributed by atoms with E-state index >= 15 is 0 Å². The molecule has 0 spiro atoms. The monoisotopic (exact) mass is 309 g/mol. The maximum atomic E-state index is 12.2. The molecule has 0 aliphatic carbocycles. The number of rotatable bonds is 4. The number of amides is 1.